The molecule has 1 fully saturated rings. The SMILES string of the molecule is CC(C)(C)OC(=O)N[C@@H](C(=O)O)C1CCC(N=[N+]=[N-])CC1. The van der Waals surface area contributed by atoms with Gasteiger partial charge in [-0.1, -0.05) is 5.11 Å². The molecule has 0 aromatic carbocycles. The van der Waals surface area contributed by atoms with E-state index in [0.717, 1.165) is 0 Å². The summed E-state index contributed by atoms with van der Waals surface area (Å²) in [5.74, 6) is -1.26. The van der Waals surface area contributed by atoms with Crippen molar-refractivity contribution in [2.24, 2.45) is 11.0 Å². The first-order valence-electron chi connectivity index (χ1n) is 6.99. The van der Waals surface area contributed by atoms with Crippen LogP contribution in [0.5, 0.6) is 0 Å². The summed E-state index contributed by atoms with van der Waals surface area (Å²) >= 11 is 0. The van der Waals surface area contributed by atoms with Crippen LogP contribution in [0.1, 0.15) is 46.5 Å². The van der Waals surface area contributed by atoms with Gasteiger partial charge in [0.25, 0.3) is 0 Å². The number of alkyl carbamates (subject to hydrolysis) is 1. The quantitative estimate of drug-likeness (QED) is 0.470. The van der Waals surface area contributed by atoms with Crippen LogP contribution in [0.3, 0.4) is 0 Å². The van der Waals surface area contributed by atoms with Gasteiger partial charge >= 0.3 is 12.1 Å². The minimum Gasteiger partial charge on any atom is -0.480 e. The van der Waals surface area contributed by atoms with Crippen molar-refractivity contribution in [3.8, 4) is 0 Å². The van der Waals surface area contributed by atoms with Crippen LogP contribution in [-0.2, 0) is 9.53 Å². The first-order valence-corrected chi connectivity index (χ1v) is 6.99. The molecule has 1 rings (SSSR count). The number of aliphatic carboxylic acids is 1. The molecule has 1 amide bonds. The second-order valence-corrected chi connectivity index (χ2v) is 6.24. The Morgan fingerprint density at radius 2 is 1.90 bits per heavy atom. The van der Waals surface area contributed by atoms with Crippen LogP contribution < -0.4 is 5.32 Å². The van der Waals surface area contributed by atoms with E-state index in [1.165, 1.54) is 0 Å². The first-order chi connectivity index (χ1) is 9.73. The number of rotatable bonds is 4. The fourth-order valence-electron chi connectivity index (χ4n) is 2.44. The molecule has 8 nitrogen and oxygen atoms in total. The number of carbonyl (C=O) groups is 2. The van der Waals surface area contributed by atoms with Gasteiger partial charge in [-0.2, -0.15) is 0 Å². The van der Waals surface area contributed by atoms with Crippen LogP contribution in [0.4, 0.5) is 4.79 Å². The maximum atomic E-state index is 11.7. The fraction of sp³-hybridized carbons (Fsp3) is 0.846. The van der Waals surface area contributed by atoms with Crippen LogP contribution in [0, 0.1) is 5.92 Å². The Morgan fingerprint density at radius 3 is 2.33 bits per heavy atom. The zero-order valence-electron chi connectivity index (χ0n) is 12.6. The summed E-state index contributed by atoms with van der Waals surface area (Å²) in [7, 11) is 0. The lowest BCUT2D eigenvalue weighted by Crippen LogP contribution is -2.48. The molecule has 21 heavy (non-hydrogen) atoms. The van der Waals surface area contributed by atoms with E-state index in [1.54, 1.807) is 20.8 Å². The standard InChI is InChI=1S/C13H22N4O4/c1-13(2,3)21-12(20)15-10(11(18)19)8-4-6-9(7-5-8)16-17-14/h8-10H,4-7H2,1-3H3,(H,15,20)(H,18,19)/t8?,9?,10-/m1/s1. The Morgan fingerprint density at radius 1 is 1.33 bits per heavy atom. The van der Waals surface area contributed by atoms with Gasteiger partial charge in [-0.05, 0) is 57.9 Å². The van der Waals surface area contributed by atoms with Gasteiger partial charge in [-0.25, -0.2) is 9.59 Å². The molecule has 118 valence electrons. The summed E-state index contributed by atoms with van der Waals surface area (Å²) in [6.45, 7) is 5.15. The first kappa shape index (κ1) is 17.1. The van der Waals surface area contributed by atoms with Gasteiger partial charge < -0.3 is 15.2 Å². The molecular formula is C13H22N4O4. The van der Waals surface area contributed by atoms with Crippen molar-refractivity contribution in [1.82, 2.24) is 5.32 Å². The average molecular weight is 298 g/mol. The normalized spacial score (nSPS) is 23.6. The Kier molecular flexibility index (Phi) is 5.84. The minimum atomic E-state index is -1.08. The second-order valence-electron chi connectivity index (χ2n) is 6.24. The number of azide groups is 1. The average Bonchev–Trinajstić information content (AvgIpc) is 2.35. The summed E-state index contributed by atoms with van der Waals surface area (Å²) in [6.07, 6.45) is 1.72. The molecule has 1 atom stereocenters. The molecule has 0 bridgehead atoms. The Balaban J connectivity index is 2.61. The number of hydrogen-bond acceptors (Lipinski definition) is 4. The smallest absolute Gasteiger partial charge is 0.408 e. The topological polar surface area (TPSA) is 124 Å². The van der Waals surface area contributed by atoms with Crippen molar-refractivity contribution in [2.75, 3.05) is 0 Å². The van der Waals surface area contributed by atoms with Gasteiger partial charge in [-0.15, -0.1) is 0 Å². The van der Waals surface area contributed by atoms with E-state index < -0.39 is 23.7 Å². The van der Waals surface area contributed by atoms with Crippen molar-refractivity contribution < 1.29 is 19.4 Å². The van der Waals surface area contributed by atoms with E-state index in [4.69, 9.17) is 10.3 Å². The number of nitrogens with zero attached hydrogens (tertiary/aromatic N) is 3. The van der Waals surface area contributed by atoms with Crippen molar-refractivity contribution >= 4 is 12.1 Å². The highest BCUT2D eigenvalue weighted by atomic mass is 16.6. The van der Waals surface area contributed by atoms with Crippen molar-refractivity contribution in [1.29, 1.82) is 0 Å². The lowest BCUT2D eigenvalue weighted by atomic mass is 9.82. The Hall–Kier alpha value is -1.95. The highest BCUT2D eigenvalue weighted by Gasteiger charge is 2.34. The third-order valence-corrected chi connectivity index (χ3v) is 3.37. The third kappa shape index (κ3) is 5.91. The molecule has 0 aromatic heterocycles. The third-order valence-electron chi connectivity index (χ3n) is 3.37. The van der Waals surface area contributed by atoms with E-state index in [2.05, 4.69) is 15.3 Å². The summed E-state index contributed by atoms with van der Waals surface area (Å²) in [4.78, 5) is 25.8. The van der Waals surface area contributed by atoms with E-state index in [1.807, 2.05) is 0 Å². The molecular weight excluding hydrogens is 276 g/mol. The van der Waals surface area contributed by atoms with E-state index in [-0.39, 0.29) is 12.0 Å². The van der Waals surface area contributed by atoms with Gasteiger partial charge in [0.05, 0.1) is 0 Å². The van der Waals surface area contributed by atoms with Gasteiger partial charge in [0.2, 0.25) is 0 Å². The molecule has 0 saturated heterocycles. The number of nitrogens with one attached hydrogen (secondary N) is 1. The maximum absolute atomic E-state index is 11.7. The molecule has 2 N–H and O–H groups in total. The number of amides is 1. The largest absolute Gasteiger partial charge is 0.480 e. The van der Waals surface area contributed by atoms with Crippen LogP contribution in [0.25, 0.3) is 10.4 Å². The van der Waals surface area contributed by atoms with Crippen LogP contribution in [0.15, 0.2) is 5.11 Å². The van der Waals surface area contributed by atoms with Gasteiger partial charge in [0.1, 0.15) is 11.6 Å². The van der Waals surface area contributed by atoms with Gasteiger partial charge in [-0.3, -0.25) is 0 Å². The molecule has 0 spiro atoms. The van der Waals surface area contributed by atoms with Crippen LogP contribution >= 0.6 is 0 Å². The van der Waals surface area contributed by atoms with Crippen molar-refractivity contribution in [3.63, 3.8) is 0 Å². The maximum Gasteiger partial charge on any atom is 0.408 e. The number of carboxylic acid groups (broad SMARTS) is 1. The Labute approximate surface area is 123 Å². The summed E-state index contributed by atoms with van der Waals surface area (Å²) in [6, 6.07) is -1.06. The van der Waals surface area contributed by atoms with Crippen LogP contribution in [-0.4, -0.2) is 34.9 Å². The minimum absolute atomic E-state index is 0.0813. The number of carboxylic acids is 1. The molecule has 1 aliphatic rings. The van der Waals surface area contributed by atoms with E-state index in [9.17, 15) is 14.7 Å². The monoisotopic (exact) mass is 298 g/mol. The Bertz CT molecular complexity index is 432. The van der Waals surface area contributed by atoms with Crippen LogP contribution in [0.2, 0.25) is 0 Å². The highest BCUT2D eigenvalue weighted by Crippen LogP contribution is 2.29. The summed E-state index contributed by atoms with van der Waals surface area (Å²) < 4.78 is 5.09. The zero-order valence-corrected chi connectivity index (χ0v) is 12.6. The number of hydrogen-bond donors (Lipinski definition) is 2. The summed E-state index contributed by atoms with van der Waals surface area (Å²) in [5, 5.41) is 15.4. The molecule has 0 radical (unpaired) electrons. The fourth-order valence-corrected chi connectivity index (χ4v) is 2.44. The predicted molar refractivity (Wildman–Crippen MR) is 75.7 cm³/mol. The molecule has 0 aliphatic heterocycles. The molecule has 0 heterocycles. The zero-order chi connectivity index (χ0) is 16.0. The lowest BCUT2D eigenvalue weighted by molar-refractivity contribution is -0.141. The number of carbonyl (C=O) groups excluding carboxylic acids is 1. The van der Waals surface area contributed by atoms with E-state index in [0.29, 0.717) is 25.7 Å². The van der Waals surface area contributed by atoms with E-state index >= 15 is 0 Å². The van der Waals surface area contributed by atoms with Crippen molar-refractivity contribution in [3.05, 3.63) is 10.4 Å². The molecule has 8 heteroatoms. The van der Waals surface area contributed by atoms with Crippen molar-refractivity contribution in [2.45, 2.75) is 64.1 Å². The second kappa shape index (κ2) is 7.17. The molecule has 0 aromatic rings. The number of ether oxygens (including phenoxy) is 1. The molecule has 1 saturated carbocycles. The molecule has 0 unspecified atom stereocenters. The van der Waals surface area contributed by atoms with Gasteiger partial charge in [0.15, 0.2) is 0 Å². The molecule has 1 aliphatic carbocycles. The summed E-state index contributed by atoms with van der Waals surface area (Å²) in [5.41, 5.74) is 7.73. The lowest BCUT2D eigenvalue weighted by Gasteiger charge is -2.31. The van der Waals surface area contributed by atoms with Gasteiger partial charge in [0, 0.05) is 11.0 Å². The predicted octanol–water partition coefficient (Wildman–Crippen LogP) is 2.83. The highest BCUT2D eigenvalue weighted by molar-refractivity contribution is 5.80.